The molecule has 58 valence electrons. The van der Waals surface area contributed by atoms with E-state index in [2.05, 4.69) is 32.9 Å². The Hall–Kier alpha value is -0.530. The molecular formula is C8H15NO. The van der Waals surface area contributed by atoms with Crippen molar-refractivity contribution >= 4 is 5.71 Å². The molecule has 0 bridgehead atoms. The third-order valence-electron chi connectivity index (χ3n) is 2.27. The van der Waals surface area contributed by atoms with Crippen LogP contribution in [0.25, 0.3) is 0 Å². The maximum absolute atomic E-state index is 8.65. The molecule has 0 amide bonds. The van der Waals surface area contributed by atoms with Gasteiger partial charge in [-0.15, -0.1) is 0 Å². The van der Waals surface area contributed by atoms with E-state index in [1.54, 1.807) is 0 Å². The van der Waals surface area contributed by atoms with Gasteiger partial charge in [-0.25, -0.2) is 0 Å². The first kappa shape index (κ1) is 7.58. The molecule has 1 fully saturated rings. The van der Waals surface area contributed by atoms with E-state index in [-0.39, 0.29) is 10.8 Å². The lowest BCUT2D eigenvalue weighted by Crippen LogP contribution is -2.50. The van der Waals surface area contributed by atoms with Crippen LogP contribution in [0.15, 0.2) is 5.16 Å². The van der Waals surface area contributed by atoms with E-state index in [4.69, 9.17) is 5.21 Å². The summed E-state index contributed by atoms with van der Waals surface area (Å²) >= 11 is 0. The van der Waals surface area contributed by atoms with Crippen LogP contribution in [-0.2, 0) is 0 Å². The summed E-state index contributed by atoms with van der Waals surface area (Å²) in [4.78, 5) is 0. The zero-order chi connectivity index (χ0) is 7.99. The van der Waals surface area contributed by atoms with Crippen LogP contribution >= 0.6 is 0 Å². The van der Waals surface area contributed by atoms with Crippen molar-refractivity contribution in [2.45, 2.75) is 34.1 Å². The quantitative estimate of drug-likeness (QED) is 0.407. The van der Waals surface area contributed by atoms with Crippen molar-refractivity contribution in [1.82, 2.24) is 0 Å². The van der Waals surface area contributed by atoms with E-state index in [1.165, 1.54) is 0 Å². The lowest BCUT2D eigenvalue weighted by atomic mass is 9.54. The van der Waals surface area contributed by atoms with Gasteiger partial charge in [0, 0.05) is 10.8 Å². The maximum Gasteiger partial charge on any atom is 0.0683 e. The van der Waals surface area contributed by atoms with E-state index in [1.807, 2.05) is 0 Å². The van der Waals surface area contributed by atoms with Gasteiger partial charge in [0.15, 0.2) is 0 Å². The summed E-state index contributed by atoms with van der Waals surface area (Å²) in [5.74, 6) is 0. The van der Waals surface area contributed by atoms with Crippen LogP contribution in [0.2, 0.25) is 0 Å². The van der Waals surface area contributed by atoms with Crippen molar-refractivity contribution in [1.29, 1.82) is 0 Å². The summed E-state index contributed by atoms with van der Waals surface area (Å²) in [6.07, 6.45) is 1.11. The minimum absolute atomic E-state index is 0.123. The van der Waals surface area contributed by atoms with Crippen molar-refractivity contribution in [2.24, 2.45) is 16.0 Å². The maximum atomic E-state index is 8.65. The van der Waals surface area contributed by atoms with Crippen LogP contribution in [0, 0.1) is 10.8 Å². The van der Waals surface area contributed by atoms with Gasteiger partial charge in [0.05, 0.1) is 5.71 Å². The van der Waals surface area contributed by atoms with Crippen molar-refractivity contribution < 1.29 is 5.21 Å². The molecule has 10 heavy (non-hydrogen) atoms. The minimum Gasteiger partial charge on any atom is -0.411 e. The Morgan fingerprint density at radius 2 is 1.60 bits per heavy atom. The van der Waals surface area contributed by atoms with E-state index >= 15 is 0 Å². The third-order valence-corrected chi connectivity index (χ3v) is 2.27. The molecule has 0 aliphatic heterocycles. The van der Waals surface area contributed by atoms with Gasteiger partial charge in [-0.1, -0.05) is 32.9 Å². The lowest BCUT2D eigenvalue weighted by molar-refractivity contribution is 0.200. The minimum atomic E-state index is 0.123. The van der Waals surface area contributed by atoms with Crippen LogP contribution < -0.4 is 0 Å². The molecule has 0 unspecified atom stereocenters. The van der Waals surface area contributed by atoms with Crippen molar-refractivity contribution in [2.75, 3.05) is 0 Å². The molecule has 2 nitrogen and oxygen atoms in total. The van der Waals surface area contributed by atoms with Crippen molar-refractivity contribution in [3.05, 3.63) is 0 Å². The first-order valence-electron chi connectivity index (χ1n) is 3.63. The highest BCUT2D eigenvalue weighted by atomic mass is 16.4. The van der Waals surface area contributed by atoms with Crippen LogP contribution in [-0.4, -0.2) is 10.9 Å². The van der Waals surface area contributed by atoms with Crippen LogP contribution in [0.5, 0.6) is 0 Å². The molecule has 2 heteroatoms. The Labute approximate surface area is 61.9 Å². The smallest absolute Gasteiger partial charge is 0.0683 e. The zero-order valence-electron chi connectivity index (χ0n) is 7.10. The average Bonchev–Trinajstić information content (AvgIpc) is 1.59. The molecule has 1 aliphatic carbocycles. The molecule has 0 radical (unpaired) electrons. The van der Waals surface area contributed by atoms with Gasteiger partial charge in [0.1, 0.15) is 0 Å². The van der Waals surface area contributed by atoms with Gasteiger partial charge in [-0.05, 0) is 6.42 Å². The highest BCUT2D eigenvalue weighted by Crippen LogP contribution is 2.50. The second kappa shape index (κ2) is 1.74. The molecule has 1 rings (SSSR count). The molecular weight excluding hydrogens is 126 g/mol. The van der Waals surface area contributed by atoms with E-state index in [0.717, 1.165) is 12.1 Å². The lowest BCUT2D eigenvalue weighted by Gasteiger charge is -2.49. The standard InChI is InChI=1S/C8H15NO/c1-7(2)5-8(3,4)6(7)9-10/h10H,5H2,1-4H3. The first-order chi connectivity index (χ1) is 4.40. The second-order valence-corrected chi connectivity index (χ2v) is 4.39. The van der Waals surface area contributed by atoms with E-state index < -0.39 is 0 Å². The number of hydrogen-bond donors (Lipinski definition) is 1. The monoisotopic (exact) mass is 141 g/mol. The number of hydrogen-bond acceptors (Lipinski definition) is 2. The molecule has 0 aromatic carbocycles. The highest BCUT2D eigenvalue weighted by molar-refractivity contribution is 5.99. The molecule has 0 spiro atoms. The van der Waals surface area contributed by atoms with Gasteiger partial charge in [0.2, 0.25) is 0 Å². The summed E-state index contributed by atoms with van der Waals surface area (Å²) in [7, 11) is 0. The van der Waals surface area contributed by atoms with Crippen LogP contribution in [0.1, 0.15) is 34.1 Å². The number of nitrogens with zero attached hydrogens (tertiary/aromatic N) is 1. The summed E-state index contributed by atoms with van der Waals surface area (Å²) in [5.41, 5.74) is 1.18. The van der Waals surface area contributed by atoms with Gasteiger partial charge in [-0.2, -0.15) is 0 Å². The summed E-state index contributed by atoms with van der Waals surface area (Å²) in [6, 6.07) is 0. The number of rotatable bonds is 0. The Bertz CT molecular complexity index is 164. The zero-order valence-corrected chi connectivity index (χ0v) is 7.10. The second-order valence-electron chi connectivity index (χ2n) is 4.39. The van der Waals surface area contributed by atoms with Crippen molar-refractivity contribution in [3.8, 4) is 0 Å². The molecule has 1 aliphatic rings. The van der Waals surface area contributed by atoms with E-state index in [0.29, 0.717) is 0 Å². The Morgan fingerprint density at radius 3 is 1.70 bits per heavy atom. The van der Waals surface area contributed by atoms with Gasteiger partial charge < -0.3 is 5.21 Å². The Kier molecular flexibility index (Phi) is 1.32. The fourth-order valence-corrected chi connectivity index (χ4v) is 2.35. The molecule has 0 saturated heterocycles. The SMILES string of the molecule is CC1(C)CC(C)(C)C1=NO. The molecule has 0 heterocycles. The fraction of sp³-hybridized carbons (Fsp3) is 0.875. The average molecular weight is 141 g/mol. The third kappa shape index (κ3) is 0.825. The molecule has 0 atom stereocenters. The first-order valence-corrected chi connectivity index (χ1v) is 3.63. The highest BCUT2D eigenvalue weighted by Gasteiger charge is 2.50. The molecule has 1 saturated carbocycles. The number of oxime groups is 1. The Morgan fingerprint density at radius 1 is 1.20 bits per heavy atom. The molecule has 0 aromatic heterocycles. The topological polar surface area (TPSA) is 32.6 Å². The van der Waals surface area contributed by atoms with E-state index in [9.17, 15) is 0 Å². The van der Waals surface area contributed by atoms with Crippen molar-refractivity contribution in [3.63, 3.8) is 0 Å². The molecule has 0 aromatic rings. The van der Waals surface area contributed by atoms with Crippen LogP contribution in [0.4, 0.5) is 0 Å². The summed E-state index contributed by atoms with van der Waals surface area (Å²) in [6.45, 7) is 8.42. The summed E-state index contributed by atoms with van der Waals surface area (Å²) < 4.78 is 0. The summed E-state index contributed by atoms with van der Waals surface area (Å²) in [5, 5.41) is 12.0. The Balaban J connectivity index is 2.84. The van der Waals surface area contributed by atoms with Gasteiger partial charge in [-0.3, -0.25) is 0 Å². The predicted octanol–water partition coefficient (Wildman–Crippen LogP) is 2.27. The predicted molar refractivity (Wildman–Crippen MR) is 41.4 cm³/mol. The fourth-order valence-electron chi connectivity index (χ4n) is 2.35. The normalized spacial score (nSPS) is 27.4. The van der Waals surface area contributed by atoms with Crippen LogP contribution in [0.3, 0.4) is 0 Å². The largest absolute Gasteiger partial charge is 0.411 e. The molecule has 1 N–H and O–H groups in total. The van der Waals surface area contributed by atoms with Gasteiger partial charge in [0.25, 0.3) is 0 Å². The van der Waals surface area contributed by atoms with Gasteiger partial charge >= 0.3 is 0 Å².